The number of thioether (sulfide) groups is 1. The summed E-state index contributed by atoms with van der Waals surface area (Å²) in [6.07, 6.45) is 1.03. The van der Waals surface area contributed by atoms with E-state index >= 15 is 0 Å². The van der Waals surface area contributed by atoms with E-state index in [9.17, 15) is 14.4 Å². The number of amides is 1. The molecule has 8 heteroatoms. The third-order valence-corrected chi connectivity index (χ3v) is 5.02. The maximum Gasteiger partial charge on any atom is 0.308 e. The Bertz CT molecular complexity index is 896. The average Bonchev–Trinajstić information content (AvgIpc) is 3.11. The van der Waals surface area contributed by atoms with Gasteiger partial charge >= 0.3 is 5.97 Å². The van der Waals surface area contributed by atoms with E-state index in [1.165, 1.54) is 22.5 Å². The zero-order valence-electron chi connectivity index (χ0n) is 15.2. The number of carbonyl (C=O) groups is 2. The zero-order chi connectivity index (χ0) is 19.4. The van der Waals surface area contributed by atoms with Crippen LogP contribution in [0.1, 0.15) is 42.2 Å². The molecule has 1 atom stereocenters. The van der Waals surface area contributed by atoms with Crippen LogP contribution in [0.2, 0.25) is 0 Å². The fraction of sp³-hybridized carbons (Fsp3) is 0.368. The van der Waals surface area contributed by atoms with E-state index in [0.29, 0.717) is 11.7 Å². The fourth-order valence-corrected chi connectivity index (χ4v) is 3.74. The summed E-state index contributed by atoms with van der Waals surface area (Å²) in [5.74, 6) is -0.202. The summed E-state index contributed by atoms with van der Waals surface area (Å²) in [4.78, 5) is 41.6. The summed E-state index contributed by atoms with van der Waals surface area (Å²) < 4.78 is 6.71. The Morgan fingerprint density at radius 3 is 2.74 bits per heavy atom. The number of aromatic nitrogens is 2. The summed E-state index contributed by atoms with van der Waals surface area (Å²) in [7, 11) is 0. The van der Waals surface area contributed by atoms with Crippen LogP contribution in [0.15, 0.2) is 46.5 Å². The molecule has 0 aliphatic carbocycles. The number of hydrogen-bond donors (Lipinski definition) is 1. The van der Waals surface area contributed by atoms with Gasteiger partial charge in [-0.2, -0.15) is 0 Å². The van der Waals surface area contributed by atoms with Gasteiger partial charge in [0.1, 0.15) is 5.56 Å². The molecule has 1 aliphatic heterocycles. The molecule has 27 heavy (non-hydrogen) atoms. The largest absolute Gasteiger partial charge is 0.463 e. The molecular weight excluding hydrogens is 366 g/mol. The second kappa shape index (κ2) is 8.39. The lowest BCUT2D eigenvalue weighted by molar-refractivity contribution is -0.147. The number of nitrogens with zero attached hydrogens (tertiary/aromatic N) is 2. The number of esters is 1. The minimum atomic E-state index is -0.600. The first kappa shape index (κ1) is 19.2. The highest BCUT2D eigenvalue weighted by atomic mass is 32.2. The van der Waals surface area contributed by atoms with Gasteiger partial charge in [0.2, 0.25) is 0 Å². The standard InChI is InChI=1S/C19H21N3O4S/c1-12(2)26-16(23)10-15(13-6-4-3-5-7-13)21-17(24)14-11-20-19-22(18(14)25)8-9-27-19/h3-7,11-12,15H,8-10H2,1-2H3,(H,21,24)/t15-/m1/s1. The molecule has 1 aromatic heterocycles. The SMILES string of the molecule is CC(C)OC(=O)C[C@@H](NC(=O)c1cnc2n(c1=O)CCS2)c1ccccc1. The first-order valence-corrected chi connectivity index (χ1v) is 9.72. The van der Waals surface area contributed by atoms with E-state index in [2.05, 4.69) is 10.3 Å². The molecule has 7 nitrogen and oxygen atoms in total. The molecule has 0 saturated heterocycles. The van der Waals surface area contributed by atoms with Crippen LogP contribution in [0, 0.1) is 0 Å². The zero-order valence-corrected chi connectivity index (χ0v) is 16.0. The monoisotopic (exact) mass is 387 g/mol. The van der Waals surface area contributed by atoms with Crippen molar-refractivity contribution in [2.75, 3.05) is 5.75 Å². The van der Waals surface area contributed by atoms with Crippen molar-refractivity contribution in [1.29, 1.82) is 0 Å². The maximum atomic E-state index is 12.7. The molecule has 0 fully saturated rings. The molecule has 0 saturated carbocycles. The fourth-order valence-electron chi connectivity index (χ4n) is 2.82. The molecule has 0 radical (unpaired) electrons. The molecule has 2 aromatic rings. The van der Waals surface area contributed by atoms with E-state index in [1.807, 2.05) is 30.3 Å². The van der Waals surface area contributed by atoms with Gasteiger partial charge < -0.3 is 10.1 Å². The molecule has 142 valence electrons. The normalized spacial score (nSPS) is 13.9. The molecule has 1 amide bonds. The van der Waals surface area contributed by atoms with Gasteiger partial charge in [-0.25, -0.2) is 4.98 Å². The van der Waals surface area contributed by atoms with Gasteiger partial charge in [0, 0.05) is 18.5 Å². The van der Waals surface area contributed by atoms with Crippen molar-refractivity contribution >= 4 is 23.6 Å². The van der Waals surface area contributed by atoms with Crippen molar-refractivity contribution in [2.45, 2.75) is 44.1 Å². The van der Waals surface area contributed by atoms with Gasteiger partial charge in [0.15, 0.2) is 5.16 Å². The predicted molar refractivity (Wildman–Crippen MR) is 102 cm³/mol. The average molecular weight is 387 g/mol. The number of benzene rings is 1. The Balaban J connectivity index is 1.82. The second-order valence-electron chi connectivity index (χ2n) is 6.44. The summed E-state index contributed by atoms with van der Waals surface area (Å²) in [5, 5.41) is 3.41. The van der Waals surface area contributed by atoms with Crippen LogP contribution < -0.4 is 10.9 Å². The van der Waals surface area contributed by atoms with Crippen molar-refractivity contribution in [3.63, 3.8) is 0 Å². The Kier molecular flexibility index (Phi) is 5.95. The molecule has 1 N–H and O–H groups in total. The van der Waals surface area contributed by atoms with Gasteiger partial charge in [-0.3, -0.25) is 19.0 Å². The minimum absolute atomic E-state index is 0.0243. The van der Waals surface area contributed by atoms with E-state index in [1.54, 1.807) is 13.8 Å². The Labute approximate surface area is 161 Å². The topological polar surface area (TPSA) is 90.3 Å². The highest BCUT2D eigenvalue weighted by Gasteiger charge is 2.24. The van der Waals surface area contributed by atoms with Gasteiger partial charge in [-0.1, -0.05) is 42.1 Å². The van der Waals surface area contributed by atoms with E-state index in [-0.39, 0.29) is 23.6 Å². The Morgan fingerprint density at radius 2 is 2.04 bits per heavy atom. The van der Waals surface area contributed by atoms with Gasteiger partial charge in [-0.15, -0.1) is 0 Å². The first-order chi connectivity index (χ1) is 13.0. The highest BCUT2D eigenvalue weighted by molar-refractivity contribution is 7.99. The lowest BCUT2D eigenvalue weighted by Gasteiger charge is -2.19. The number of fused-ring (bicyclic) bond motifs is 1. The van der Waals surface area contributed by atoms with E-state index < -0.39 is 17.9 Å². The van der Waals surface area contributed by atoms with Crippen molar-refractivity contribution in [1.82, 2.24) is 14.9 Å². The van der Waals surface area contributed by atoms with Gasteiger partial charge in [0.25, 0.3) is 11.5 Å². The quantitative estimate of drug-likeness (QED) is 0.603. The first-order valence-electron chi connectivity index (χ1n) is 8.73. The number of nitrogens with one attached hydrogen (secondary N) is 1. The number of carbonyl (C=O) groups excluding carboxylic acids is 2. The second-order valence-corrected chi connectivity index (χ2v) is 7.50. The summed E-state index contributed by atoms with van der Waals surface area (Å²) in [6, 6.07) is 8.53. The molecule has 1 aromatic carbocycles. The van der Waals surface area contributed by atoms with Gasteiger partial charge in [-0.05, 0) is 19.4 Å². The molecule has 1 aliphatic rings. The molecule has 3 rings (SSSR count). The number of ether oxygens (including phenoxy) is 1. The smallest absolute Gasteiger partial charge is 0.308 e. The molecule has 2 heterocycles. The number of hydrogen-bond acceptors (Lipinski definition) is 6. The van der Waals surface area contributed by atoms with Crippen LogP contribution in [-0.4, -0.2) is 33.3 Å². The summed E-state index contributed by atoms with van der Waals surface area (Å²) in [6.45, 7) is 4.07. The molecule has 0 unspecified atom stereocenters. The summed E-state index contributed by atoms with van der Waals surface area (Å²) >= 11 is 1.49. The van der Waals surface area contributed by atoms with Crippen LogP contribution in [0.5, 0.6) is 0 Å². The third kappa shape index (κ3) is 4.57. The highest BCUT2D eigenvalue weighted by Crippen LogP contribution is 2.21. The lowest BCUT2D eigenvalue weighted by atomic mass is 10.0. The predicted octanol–water partition coefficient (Wildman–Crippen LogP) is 2.16. The van der Waals surface area contributed by atoms with Crippen LogP contribution >= 0.6 is 11.8 Å². The molecule has 0 spiro atoms. The van der Waals surface area contributed by atoms with Crippen LogP contribution in [0.3, 0.4) is 0 Å². The van der Waals surface area contributed by atoms with Crippen LogP contribution in [0.4, 0.5) is 0 Å². The van der Waals surface area contributed by atoms with Crippen LogP contribution in [0.25, 0.3) is 0 Å². The lowest BCUT2D eigenvalue weighted by Crippen LogP contribution is -2.36. The third-order valence-electron chi connectivity index (χ3n) is 4.05. The maximum absolute atomic E-state index is 12.7. The molecular formula is C19H21N3O4S. The molecule has 0 bridgehead atoms. The Morgan fingerprint density at radius 1 is 1.30 bits per heavy atom. The van der Waals surface area contributed by atoms with Crippen LogP contribution in [-0.2, 0) is 16.1 Å². The number of rotatable bonds is 6. The van der Waals surface area contributed by atoms with Crippen molar-refractivity contribution in [3.8, 4) is 0 Å². The Hall–Kier alpha value is -2.61. The van der Waals surface area contributed by atoms with E-state index in [0.717, 1.165) is 11.3 Å². The van der Waals surface area contributed by atoms with E-state index in [4.69, 9.17) is 4.74 Å². The minimum Gasteiger partial charge on any atom is -0.463 e. The summed E-state index contributed by atoms with van der Waals surface area (Å²) in [5.41, 5.74) is 0.370. The van der Waals surface area contributed by atoms with Crippen molar-refractivity contribution in [3.05, 3.63) is 58.0 Å². The van der Waals surface area contributed by atoms with Gasteiger partial charge in [0.05, 0.1) is 18.6 Å². The van der Waals surface area contributed by atoms with Crippen molar-refractivity contribution in [2.24, 2.45) is 0 Å². The van der Waals surface area contributed by atoms with Crippen molar-refractivity contribution < 1.29 is 14.3 Å².